The highest BCUT2D eigenvalue weighted by molar-refractivity contribution is 7.86. The van der Waals surface area contributed by atoms with Crippen LogP contribution in [0, 0.1) is 0 Å². The van der Waals surface area contributed by atoms with E-state index in [2.05, 4.69) is 95.6 Å². The number of fused-ring (bicyclic) bond motifs is 5. The van der Waals surface area contributed by atoms with Crippen molar-refractivity contribution < 1.29 is 52.3 Å². The Labute approximate surface area is 217 Å². The molecule has 0 radical (unpaired) electrons. The van der Waals surface area contributed by atoms with Crippen molar-refractivity contribution in [2.75, 3.05) is 0 Å². The number of halogens is 6. The molecule has 5 aromatic rings. The van der Waals surface area contributed by atoms with Crippen molar-refractivity contribution in [1.29, 1.82) is 0 Å². The third kappa shape index (κ3) is 6.68. The van der Waals surface area contributed by atoms with Gasteiger partial charge in [0.15, 0.2) is 0 Å². The normalized spacial score (nSPS) is 12.5. The van der Waals surface area contributed by atoms with Crippen LogP contribution in [0.15, 0.2) is 91.0 Å². The molecule has 1 heterocycles. The highest BCUT2D eigenvalue weighted by Crippen LogP contribution is 2.36. The van der Waals surface area contributed by atoms with Crippen LogP contribution >= 0.6 is 0 Å². The lowest BCUT2D eigenvalue weighted by molar-refractivity contribution is -0.0514. The van der Waals surface area contributed by atoms with Gasteiger partial charge in [0.25, 0.3) is 0 Å². The van der Waals surface area contributed by atoms with E-state index in [-0.39, 0.29) is 0 Å². The smallest absolute Gasteiger partial charge is 0.309 e. The standard InChI is InChI=1S/C22H15N.2CHF3O3S/c1-2-9-17(10-3-1)23-20-13-7-6-12-19(20)22-18-11-5-4-8-16(18)14-15-21(22)23;2*2-1(3,4)8(5,6)7/h1-15H;2*(H,5,6,7). The lowest BCUT2D eigenvalue weighted by Crippen LogP contribution is -2.21. The molecule has 0 aliphatic rings. The Bertz CT molecular complexity index is 1790. The second kappa shape index (κ2) is 10.8. The van der Waals surface area contributed by atoms with E-state index in [4.69, 9.17) is 25.9 Å². The summed E-state index contributed by atoms with van der Waals surface area (Å²) in [5.41, 5.74) is -7.35. The first-order chi connectivity index (χ1) is 17.9. The van der Waals surface area contributed by atoms with Crippen LogP contribution in [0.3, 0.4) is 0 Å². The van der Waals surface area contributed by atoms with Crippen molar-refractivity contribution in [1.82, 2.24) is 4.57 Å². The van der Waals surface area contributed by atoms with Crippen LogP contribution in [0.2, 0.25) is 0 Å². The molecule has 1 aromatic heterocycles. The van der Waals surface area contributed by atoms with Crippen LogP contribution in [0.4, 0.5) is 26.3 Å². The van der Waals surface area contributed by atoms with Crippen molar-refractivity contribution in [3.63, 3.8) is 0 Å². The minimum atomic E-state index is -5.84. The van der Waals surface area contributed by atoms with Gasteiger partial charge in [0.05, 0.1) is 11.0 Å². The Morgan fingerprint density at radius 2 is 0.974 bits per heavy atom. The number of para-hydroxylation sites is 2. The molecule has 0 unspecified atom stereocenters. The van der Waals surface area contributed by atoms with Gasteiger partial charge in [0.2, 0.25) is 0 Å². The maximum Gasteiger partial charge on any atom is 0.522 e. The van der Waals surface area contributed by atoms with Crippen LogP contribution in [-0.4, -0.2) is 41.5 Å². The van der Waals surface area contributed by atoms with Gasteiger partial charge in [0, 0.05) is 16.5 Å². The number of alkyl halides is 6. The van der Waals surface area contributed by atoms with E-state index in [0.29, 0.717) is 0 Å². The second-order valence-electron chi connectivity index (χ2n) is 7.71. The summed E-state index contributed by atoms with van der Waals surface area (Å²) in [6.07, 6.45) is 0. The van der Waals surface area contributed by atoms with Gasteiger partial charge in [-0.25, -0.2) is 0 Å². The van der Waals surface area contributed by atoms with Gasteiger partial charge in [0.1, 0.15) is 0 Å². The zero-order valence-electron chi connectivity index (χ0n) is 19.2. The number of hydrogen-bond acceptors (Lipinski definition) is 4. The molecule has 0 spiro atoms. The second-order valence-corrected chi connectivity index (χ2v) is 10.5. The summed E-state index contributed by atoms with van der Waals surface area (Å²) in [6, 6.07) is 32.3. The highest BCUT2D eigenvalue weighted by Gasteiger charge is 2.45. The lowest BCUT2D eigenvalue weighted by atomic mass is 10.0. The van der Waals surface area contributed by atoms with Crippen molar-refractivity contribution in [2.45, 2.75) is 11.0 Å². The molecule has 208 valence electrons. The fraction of sp³-hybridized carbons (Fsp3) is 0.0833. The minimum Gasteiger partial charge on any atom is -0.309 e. The Morgan fingerprint density at radius 3 is 1.49 bits per heavy atom. The monoisotopic (exact) mass is 593 g/mol. The lowest BCUT2D eigenvalue weighted by Gasteiger charge is -2.07. The van der Waals surface area contributed by atoms with Crippen LogP contribution in [0.5, 0.6) is 0 Å². The highest BCUT2D eigenvalue weighted by atomic mass is 32.2. The van der Waals surface area contributed by atoms with E-state index in [1.54, 1.807) is 0 Å². The van der Waals surface area contributed by atoms with Crippen LogP contribution in [0.25, 0.3) is 38.3 Å². The van der Waals surface area contributed by atoms with Crippen LogP contribution in [0.1, 0.15) is 0 Å². The van der Waals surface area contributed by atoms with E-state index >= 15 is 0 Å². The van der Waals surface area contributed by atoms with Gasteiger partial charge in [-0.3, -0.25) is 9.11 Å². The number of nitrogens with zero attached hydrogens (tertiary/aromatic N) is 1. The van der Waals surface area contributed by atoms with Crippen molar-refractivity contribution in [3.05, 3.63) is 91.0 Å². The summed E-state index contributed by atoms with van der Waals surface area (Å²) in [5, 5.41) is 5.25. The van der Waals surface area contributed by atoms with Crippen molar-refractivity contribution >= 4 is 52.8 Å². The van der Waals surface area contributed by atoms with Crippen LogP contribution in [-0.2, 0) is 20.2 Å². The molecule has 0 aliphatic carbocycles. The first kappa shape index (κ1) is 29.9. The molecule has 0 saturated carbocycles. The maximum atomic E-state index is 10.7. The van der Waals surface area contributed by atoms with Gasteiger partial charge in [-0.05, 0) is 35.0 Å². The molecule has 0 fully saturated rings. The molecule has 5 rings (SSSR count). The van der Waals surface area contributed by atoms with Crippen LogP contribution < -0.4 is 0 Å². The minimum absolute atomic E-state index is 1.20. The summed E-state index contributed by atoms with van der Waals surface area (Å²) in [7, 11) is -11.7. The predicted octanol–water partition coefficient (Wildman–Crippen LogP) is 6.72. The molecule has 0 atom stereocenters. The molecular weight excluding hydrogens is 576 g/mol. The molecule has 0 saturated heterocycles. The Hall–Kier alpha value is -3.66. The Kier molecular flexibility index (Phi) is 8.31. The number of aromatic nitrogens is 1. The maximum absolute atomic E-state index is 10.7. The zero-order chi connectivity index (χ0) is 29.2. The van der Waals surface area contributed by atoms with Gasteiger partial charge < -0.3 is 4.57 Å². The van der Waals surface area contributed by atoms with E-state index in [9.17, 15) is 26.3 Å². The summed E-state index contributed by atoms with van der Waals surface area (Å²) in [5.74, 6) is 0. The Balaban J connectivity index is 0.000000219. The summed E-state index contributed by atoms with van der Waals surface area (Å²) in [4.78, 5) is 0. The first-order valence-electron chi connectivity index (χ1n) is 10.5. The fourth-order valence-electron chi connectivity index (χ4n) is 3.59. The van der Waals surface area contributed by atoms with E-state index in [1.807, 2.05) is 0 Å². The number of hydrogen-bond donors (Lipinski definition) is 2. The summed E-state index contributed by atoms with van der Waals surface area (Å²) in [6.45, 7) is 0. The van der Waals surface area contributed by atoms with Crippen molar-refractivity contribution in [2.24, 2.45) is 0 Å². The van der Waals surface area contributed by atoms with Gasteiger partial charge >= 0.3 is 31.3 Å². The number of benzene rings is 4. The molecule has 0 aliphatic heterocycles. The Morgan fingerprint density at radius 1 is 0.538 bits per heavy atom. The largest absolute Gasteiger partial charge is 0.522 e. The quantitative estimate of drug-likeness (QED) is 0.127. The van der Waals surface area contributed by atoms with Gasteiger partial charge in [-0.2, -0.15) is 43.2 Å². The summed E-state index contributed by atoms with van der Waals surface area (Å²) >= 11 is 0. The predicted molar refractivity (Wildman–Crippen MR) is 133 cm³/mol. The van der Waals surface area contributed by atoms with Gasteiger partial charge in [-0.15, -0.1) is 0 Å². The molecule has 4 aromatic carbocycles. The molecule has 7 nitrogen and oxygen atoms in total. The number of rotatable bonds is 1. The zero-order valence-corrected chi connectivity index (χ0v) is 20.9. The molecule has 0 amide bonds. The van der Waals surface area contributed by atoms with E-state index in [1.165, 1.54) is 38.3 Å². The van der Waals surface area contributed by atoms with Crippen molar-refractivity contribution in [3.8, 4) is 5.69 Å². The molecule has 2 N–H and O–H groups in total. The SMILES string of the molecule is O=S(=O)(O)C(F)(F)F.O=S(=O)(O)C(F)(F)F.c1ccc(-n2c3ccccc3c3c4ccccc4ccc32)cc1. The van der Waals surface area contributed by atoms with E-state index in [0.717, 1.165) is 0 Å². The molecule has 15 heteroatoms. The molecule has 0 bridgehead atoms. The fourth-order valence-corrected chi connectivity index (χ4v) is 3.59. The molecule has 39 heavy (non-hydrogen) atoms. The average Bonchev–Trinajstić information content (AvgIpc) is 3.18. The summed E-state index contributed by atoms with van der Waals surface area (Å²) < 4.78 is 117. The third-order valence-electron chi connectivity index (χ3n) is 5.16. The van der Waals surface area contributed by atoms with Gasteiger partial charge in [-0.1, -0.05) is 66.7 Å². The third-order valence-corrected chi connectivity index (χ3v) is 6.33. The van der Waals surface area contributed by atoms with E-state index < -0.39 is 31.3 Å². The first-order valence-corrected chi connectivity index (χ1v) is 13.4. The molecular formula is C24H17F6NO6S2. The topological polar surface area (TPSA) is 114 Å². The average molecular weight is 594 g/mol.